The van der Waals surface area contributed by atoms with E-state index < -0.39 is 17.5 Å². The molecule has 1 saturated heterocycles. The van der Waals surface area contributed by atoms with Gasteiger partial charge in [-0.2, -0.15) is 0 Å². The van der Waals surface area contributed by atoms with Gasteiger partial charge in [-0.05, 0) is 37.5 Å². The number of carbonyl (C=O) groups is 1. The van der Waals surface area contributed by atoms with Crippen LogP contribution < -0.4 is 5.73 Å². The van der Waals surface area contributed by atoms with E-state index in [9.17, 15) is 13.6 Å². The maximum Gasteiger partial charge on any atom is 0.257 e. The molecule has 18 heavy (non-hydrogen) atoms. The second-order valence-corrected chi connectivity index (χ2v) is 4.61. The number of nitrogens with two attached hydrogens (primary N) is 1. The fourth-order valence-corrected chi connectivity index (χ4v) is 2.31. The van der Waals surface area contributed by atoms with Crippen LogP contribution in [-0.4, -0.2) is 29.9 Å². The van der Waals surface area contributed by atoms with E-state index in [-0.39, 0.29) is 17.2 Å². The number of rotatable bonds is 2. The number of nitrogens with zero attached hydrogens (tertiary/aromatic N) is 1. The van der Waals surface area contributed by atoms with Gasteiger partial charge in [0, 0.05) is 19.1 Å². The van der Waals surface area contributed by atoms with Crippen molar-refractivity contribution >= 4 is 5.91 Å². The molecule has 1 fully saturated rings. The molecule has 0 aliphatic carbocycles. The summed E-state index contributed by atoms with van der Waals surface area (Å²) in [4.78, 5) is 13.7. The first-order chi connectivity index (χ1) is 8.54. The molecule has 1 aliphatic heterocycles. The SMILES string of the molecule is Cc1cc(F)c(C(=O)N2CCCC2CN)cc1F. The average molecular weight is 254 g/mol. The van der Waals surface area contributed by atoms with Crippen LogP contribution in [0.4, 0.5) is 8.78 Å². The summed E-state index contributed by atoms with van der Waals surface area (Å²) in [6.45, 7) is 2.36. The standard InChI is InChI=1S/C13H16F2N2O/c1-8-5-12(15)10(6-11(8)14)13(18)17-4-2-3-9(17)7-16/h5-6,9H,2-4,7,16H2,1H3. The molecule has 1 atom stereocenters. The molecule has 5 heteroatoms. The zero-order valence-corrected chi connectivity index (χ0v) is 10.2. The zero-order valence-electron chi connectivity index (χ0n) is 10.2. The number of halogens is 2. The van der Waals surface area contributed by atoms with E-state index >= 15 is 0 Å². The van der Waals surface area contributed by atoms with Crippen LogP contribution in [0.3, 0.4) is 0 Å². The lowest BCUT2D eigenvalue weighted by Gasteiger charge is -2.23. The quantitative estimate of drug-likeness (QED) is 0.875. The van der Waals surface area contributed by atoms with E-state index in [2.05, 4.69) is 0 Å². The Morgan fingerprint density at radius 3 is 2.83 bits per heavy atom. The molecule has 2 N–H and O–H groups in total. The van der Waals surface area contributed by atoms with Crippen molar-refractivity contribution in [2.24, 2.45) is 5.73 Å². The lowest BCUT2D eigenvalue weighted by molar-refractivity contribution is 0.0736. The van der Waals surface area contributed by atoms with Crippen molar-refractivity contribution in [3.8, 4) is 0 Å². The molecule has 98 valence electrons. The molecule has 0 saturated carbocycles. The Hall–Kier alpha value is -1.49. The van der Waals surface area contributed by atoms with Crippen molar-refractivity contribution in [2.45, 2.75) is 25.8 Å². The summed E-state index contributed by atoms with van der Waals surface area (Å²) < 4.78 is 27.1. The summed E-state index contributed by atoms with van der Waals surface area (Å²) >= 11 is 0. The number of benzene rings is 1. The summed E-state index contributed by atoms with van der Waals surface area (Å²) in [5, 5.41) is 0. The molecule has 0 bridgehead atoms. The van der Waals surface area contributed by atoms with Crippen LogP contribution in [0.25, 0.3) is 0 Å². The summed E-state index contributed by atoms with van der Waals surface area (Å²) in [5.74, 6) is -1.72. The smallest absolute Gasteiger partial charge is 0.257 e. The third kappa shape index (κ3) is 2.22. The first-order valence-electron chi connectivity index (χ1n) is 6.01. The monoisotopic (exact) mass is 254 g/mol. The van der Waals surface area contributed by atoms with Gasteiger partial charge in [0.1, 0.15) is 11.6 Å². The Balaban J connectivity index is 2.31. The van der Waals surface area contributed by atoms with Crippen LogP contribution in [-0.2, 0) is 0 Å². The molecule has 1 aliphatic rings. The van der Waals surface area contributed by atoms with Gasteiger partial charge in [-0.1, -0.05) is 0 Å². The fraction of sp³-hybridized carbons (Fsp3) is 0.462. The topological polar surface area (TPSA) is 46.3 Å². The van der Waals surface area contributed by atoms with Gasteiger partial charge in [-0.25, -0.2) is 8.78 Å². The van der Waals surface area contributed by atoms with Crippen LogP contribution in [0.1, 0.15) is 28.8 Å². The third-order valence-electron chi connectivity index (χ3n) is 3.39. The maximum absolute atomic E-state index is 13.7. The molecule has 1 heterocycles. The minimum Gasteiger partial charge on any atom is -0.334 e. The summed E-state index contributed by atoms with van der Waals surface area (Å²) in [5.41, 5.74) is 5.56. The van der Waals surface area contributed by atoms with Gasteiger partial charge in [0.25, 0.3) is 5.91 Å². The maximum atomic E-state index is 13.7. The second kappa shape index (κ2) is 5.02. The number of aryl methyl sites for hydroxylation is 1. The molecular weight excluding hydrogens is 238 g/mol. The molecule has 1 unspecified atom stereocenters. The molecule has 0 spiro atoms. The third-order valence-corrected chi connectivity index (χ3v) is 3.39. The molecular formula is C13H16F2N2O. The highest BCUT2D eigenvalue weighted by Crippen LogP contribution is 2.22. The number of hydrogen-bond donors (Lipinski definition) is 1. The van der Waals surface area contributed by atoms with Gasteiger partial charge < -0.3 is 10.6 Å². The van der Waals surface area contributed by atoms with Gasteiger partial charge in [0.2, 0.25) is 0 Å². The van der Waals surface area contributed by atoms with Crippen LogP contribution >= 0.6 is 0 Å². The van der Waals surface area contributed by atoms with E-state index in [1.165, 1.54) is 11.8 Å². The lowest BCUT2D eigenvalue weighted by Crippen LogP contribution is -2.40. The Labute approximate surface area is 105 Å². The normalized spacial score (nSPS) is 19.3. The van der Waals surface area contributed by atoms with Crippen LogP contribution in [0.15, 0.2) is 12.1 Å². The molecule has 1 amide bonds. The van der Waals surface area contributed by atoms with E-state index in [1.54, 1.807) is 0 Å². The molecule has 1 aromatic rings. The highest BCUT2D eigenvalue weighted by atomic mass is 19.1. The van der Waals surface area contributed by atoms with Crippen LogP contribution in [0.5, 0.6) is 0 Å². The zero-order chi connectivity index (χ0) is 13.3. The molecule has 1 aromatic carbocycles. The average Bonchev–Trinajstić information content (AvgIpc) is 2.81. The summed E-state index contributed by atoms with van der Waals surface area (Å²) in [6.07, 6.45) is 1.67. The van der Waals surface area contributed by atoms with E-state index in [4.69, 9.17) is 5.73 Å². The van der Waals surface area contributed by atoms with Crippen molar-refractivity contribution in [3.05, 3.63) is 34.9 Å². The first kappa shape index (κ1) is 13.0. The van der Waals surface area contributed by atoms with E-state index in [1.807, 2.05) is 0 Å². The predicted octanol–water partition coefficient (Wildman–Crippen LogP) is 1.84. The number of carbonyl (C=O) groups excluding carboxylic acids is 1. The van der Waals surface area contributed by atoms with Crippen LogP contribution in [0, 0.1) is 18.6 Å². The Morgan fingerprint density at radius 1 is 1.44 bits per heavy atom. The molecule has 3 nitrogen and oxygen atoms in total. The molecule has 0 radical (unpaired) electrons. The minimum absolute atomic E-state index is 0.0683. The second-order valence-electron chi connectivity index (χ2n) is 4.61. The van der Waals surface area contributed by atoms with Gasteiger partial charge >= 0.3 is 0 Å². The predicted molar refractivity (Wildman–Crippen MR) is 64.2 cm³/mol. The van der Waals surface area contributed by atoms with Crippen molar-refractivity contribution < 1.29 is 13.6 Å². The van der Waals surface area contributed by atoms with Gasteiger partial charge in [-0.15, -0.1) is 0 Å². The highest BCUT2D eigenvalue weighted by molar-refractivity contribution is 5.95. The minimum atomic E-state index is -0.679. The number of hydrogen-bond acceptors (Lipinski definition) is 2. The lowest BCUT2D eigenvalue weighted by atomic mass is 10.1. The Morgan fingerprint density at radius 2 is 2.17 bits per heavy atom. The van der Waals surface area contributed by atoms with E-state index in [0.29, 0.717) is 13.1 Å². The number of likely N-dealkylation sites (tertiary alicyclic amines) is 1. The molecule has 2 rings (SSSR count). The van der Waals surface area contributed by atoms with Gasteiger partial charge in [-0.3, -0.25) is 4.79 Å². The Bertz CT molecular complexity index is 476. The number of amides is 1. The van der Waals surface area contributed by atoms with E-state index in [0.717, 1.165) is 25.0 Å². The largest absolute Gasteiger partial charge is 0.334 e. The molecule has 0 aromatic heterocycles. The van der Waals surface area contributed by atoms with Crippen molar-refractivity contribution in [1.29, 1.82) is 0 Å². The fourth-order valence-electron chi connectivity index (χ4n) is 2.31. The first-order valence-corrected chi connectivity index (χ1v) is 6.01. The van der Waals surface area contributed by atoms with Crippen LogP contribution in [0.2, 0.25) is 0 Å². The summed E-state index contributed by atoms with van der Waals surface area (Å²) in [6, 6.07) is 1.95. The van der Waals surface area contributed by atoms with Crippen molar-refractivity contribution in [2.75, 3.05) is 13.1 Å². The van der Waals surface area contributed by atoms with Gasteiger partial charge in [0.05, 0.1) is 5.56 Å². The van der Waals surface area contributed by atoms with Crippen molar-refractivity contribution in [1.82, 2.24) is 4.90 Å². The van der Waals surface area contributed by atoms with Gasteiger partial charge in [0.15, 0.2) is 0 Å². The van der Waals surface area contributed by atoms with Crippen molar-refractivity contribution in [3.63, 3.8) is 0 Å². The summed E-state index contributed by atoms with van der Waals surface area (Å²) in [7, 11) is 0. The Kier molecular flexibility index (Phi) is 3.61. The highest BCUT2D eigenvalue weighted by Gasteiger charge is 2.30.